The number of hydrogen-bond donors (Lipinski definition) is 1. The molecule has 2 atom stereocenters. The van der Waals surface area contributed by atoms with Crippen molar-refractivity contribution in [2.45, 2.75) is 38.8 Å². The zero-order valence-electron chi connectivity index (χ0n) is 12.9. The van der Waals surface area contributed by atoms with Crippen molar-refractivity contribution in [3.8, 4) is 0 Å². The fraction of sp³-hybridized carbons (Fsp3) is 0.412. The molecule has 1 aromatic carbocycles. The van der Waals surface area contributed by atoms with Crippen LogP contribution in [-0.2, 0) is 4.74 Å². The standard InChI is InChI=1S/C17H20N4O/c1-3-6-13-17-20-14-15(21(17)10(2)9-22-13)11-7-4-5-8-12(11)19-16(14)18/h4-5,7-8,10,13H,3,6,9H2,1-2H3,(H2,18,19)/t10-,13?/m0/s1. The molecular weight excluding hydrogens is 276 g/mol. The molecule has 1 unspecified atom stereocenters. The highest BCUT2D eigenvalue weighted by molar-refractivity contribution is 6.06. The van der Waals surface area contributed by atoms with Crippen LogP contribution in [0.1, 0.15) is 44.7 Å². The molecule has 1 aliphatic heterocycles. The minimum atomic E-state index is 0.0479. The van der Waals surface area contributed by atoms with E-state index in [0.29, 0.717) is 12.4 Å². The van der Waals surface area contributed by atoms with Gasteiger partial charge in [-0.2, -0.15) is 0 Å². The van der Waals surface area contributed by atoms with Crippen LogP contribution in [-0.4, -0.2) is 21.1 Å². The van der Waals surface area contributed by atoms with Gasteiger partial charge in [-0.3, -0.25) is 0 Å². The van der Waals surface area contributed by atoms with Gasteiger partial charge in [-0.1, -0.05) is 31.5 Å². The second-order valence-corrected chi connectivity index (χ2v) is 6.01. The molecule has 114 valence electrons. The highest BCUT2D eigenvalue weighted by Crippen LogP contribution is 2.38. The van der Waals surface area contributed by atoms with Gasteiger partial charge in [-0.05, 0) is 19.4 Å². The number of anilines is 1. The average Bonchev–Trinajstić information content (AvgIpc) is 2.93. The number of nitrogens with zero attached hydrogens (tertiary/aromatic N) is 3. The lowest BCUT2D eigenvalue weighted by Crippen LogP contribution is -2.25. The summed E-state index contributed by atoms with van der Waals surface area (Å²) < 4.78 is 8.30. The summed E-state index contributed by atoms with van der Waals surface area (Å²) in [4.78, 5) is 9.31. The number of ether oxygens (including phenoxy) is 1. The summed E-state index contributed by atoms with van der Waals surface area (Å²) in [6.07, 6.45) is 2.09. The Labute approximate surface area is 129 Å². The Bertz CT molecular complexity index is 855. The van der Waals surface area contributed by atoms with Gasteiger partial charge in [0, 0.05) is 5.39 Å². The van der Waals surface area contributed by atoms with Gasteiger partial charge in [0.15, 0.2) is 5.82 Å². The summed E-state index contributed by atoms with van der Waals surface area (Å²) >= 11 is 0. The molecule has 0 bridgehead atoms. The molecule has 0 aliphatic carbocycles. The number of hydrogen-bond acceptors (Lipinski definition) is 4. The Hall–Kier alpha value is -2.14. The molecule has 0 saturated heterocycles. The summed E-state index contributed by atoms with van der Waals surface area (Å²) in [5, 5.41) is 1.11. The van der Waals surface area contributed by atoms with Gasteiger partial charge in [0.25, 0.3) is 0 Å². The number of para-hydroxylation sites is 1. The van der Waals surface area contributed by atoms with E-state index in [4.69, 9.17) is 15.5 Å². The fourth-order valence-corrected chi connectivity index (χ4v) is 3.39. The molecule has 0 radical (unpaired) electrons. The Morgan fingerprint density at radius 2 is 2.14 bits per heavy atom. The molecule has 3 heterocycles. The third-order valence-electron chi connectivity index (χ3n) is 4.40. The minimum absolute atomic E-state index is 0.0479. The summed E-state index contributed by atoms with van der Waals surface area (Å²) in [6, 6.07) is 8.36. The van der Waals surface area contributed by atoms with E-state index in [-0.39, 0.29) is 12.1 Å². The predicted octanol–water partition coefficient (Wildman–Crippen LogP) is 3.60. The smallest absolute Gasteiger partial charge is 0.152 e. The van der Waals surface area contributed by atoms with Crippen molar-refractivity contribution in [3.05, 3.63) is 30.1 Å². The average molecular weight is 296 g/mol. The molecule has 0 fully saturated rings. The molecule has 3 aromatic rings. The van der Waals surface area contributed by atoms with Crippen LogP contribution in [0.25, 0.3) is 21.9 Å². The van der Waals surface area contributed by atoms with Crippen LogP contribution in [0.15, 0.2) is 24.3 Å². The quantitative estimate of drug-likeness (QED) is 0.784. The number of pyridine rings is 1. The maximum absolute atomic E-state index is 6.17. The van der Waals surface area contributed by atoms with Crippen LogP contribution < -0.4 is 5.73 Å². The van der Waals surface area contributed by atoms with Crippen LogP contribution >= 0.6 is 0 Å². The first kappa shape index (κ1) is 13.5. The number of aromatic nitrogens is 3. The molecule has 2 aromatic heterocycles. The second-order valence-electron chi connectivity index (χ2n) is 6.01. The number of rotatable bonds is 2. The lowest BCUT2D eigenvalue weighted by molar-refractivity contribution is -0.00311. The number of imidazole rings is 1. The molecule has 1 aliphatic rings. The van der Waals surface area contributed by atoms with Gasteiger partial charge in [0.05, 0.1) is 23.7 Å². The van der Waals surface area contributed by atoms with Crippen molar-refractivity contribution in [1.82, 2.24) is 14.5 Å². The van der Waals surface area contributed by atoms with E-state index in [9.17, 15) is 0 Å². The van der Waals surface area contributed by atoms with Crippen LogP contribution in [0.5, 0.6) is 0 Å². The van der Waals surface area contributed by atoms with Crippen molar-refractivity contribution in [3.63, 3.8) is 0 Å². The van der Waals surface area contributed by atoms with Crippen molar-refractivity contribution < 1.29 is 4.74 Å². The Kier molecular flexibility index (Phi) is 3.04. The number of nitrogens with two attached hydrogens (primary N) is 1. The second kappa shape index (κ2) is 4.95. The van der Waals surface area contributed by atoms with Gasteiger partial charge < -0.3 is 15.0 Å². The molecule has 22 heavy (non-hydrogen) atoms. The zero-order valence-corrected chi connectivity index (χ0v) is 12.9. The molecule has 0 spiro atoms. The fourth-order valence-electron chi connectivity index (χ4n) is 3.39. The molecule has 0 amide bonds. The Morgan fingerprint density at radius 1 is 1.32 bits per heavy atom. The largest absolute Gasteiger partial charge is 0.382 e. The van der Waals surface area contributed by atoms with Crippen molar-refractivity contribution >= 4 is 27.8 Å². The topological polar surface area (TPSA) is 66.0 Å². The maximum Gasteiger partial charge on any atom is 0.152 e. The lowest BCUT2D eigenvalue weighted by atomic mass is 10.1. The summed E-state index contributed by atoms with van der Waals surface area (Å²) in [5.41, 5.74) is 8.98. The number of nitrogen functional groups attached to an aromatic ring is 1. The van der Waals surface area contributed by atoms with Crippen molar-refractivity contribution in [2.24, 2.45) is 0 Å². The monoisotopic (exact) mass is 296 g/mol. The molecule has 5 nitrogen and oxygen atoms in total. The van der Waals surface area contributed by atoms with E-state index in [2.05, 4.69) is 29.5 Å². The third-order valence-corrected chi connectivity index (χ3v) is 4.40. The van der Waals surface area contributed by atoms with E-state index in [1.807, 2.05) is 18.2 Å². The van der Waals surface area contributed by atoms with E-state index in [0.717, 1.165) is 40.6 Å². The highest BCUT2D eigenvalue weighted by atomic mass is 16.5. The van der Waals surface area contributed by atoms with Crippen LogP contribution in [0.4, 0.5) is 5.82 Å². The van der Waals surface area contributed by atoms with Crippen LogP contribution in [0, 0.1) is 0 Å². The van der Waals surface area contributed by atoms with E-state index in [1.165, 1.54) is 0 Å². The van der Waals surface area contributed by atoms with E-state index >= 15 is 0 Å². The normalized spacial score (nSPS) is 21.4. The lowest BCUT2D eigenvalue weighted by Gasteiger charge is -2.29. The molecule has 2 N–H and O–H groups in total. The first-order valence-electron chi connectivity index (χ1n) is 7.88. The van der Waals surface area contributed by atoms with Gasteiger partial charge in [0.1, 0.15) is 17.4 Å². The zero-order chi connectivity index (χ0) is 15.3. The van der Waals surface area contributed by atoms with Gasteiger partial charge >= 0.3 is 0 Å². The van der Waals surface area contributed by atoms with Crippen molar-refractivity contribution in [1.29, 1.82) is 0 Å². The molecule has 4 rings (SSSR count). The minimum Gasteiger partial charge on any atom is -0.382 e. The Balaban J connectivity index is 2.10. The predicted molar refractivity (Wildman–Crippen MR) is 87.8 cm³/mol. The maximum atomic E-state index is 6.17. The molecule has 0 saturated carbocycles. The number of benzene rings is 1. The van der Waals surface area contributed by atoms with E-state index < -0.39 is 0 Å². The van der Waals surface area contributed by atoms with Gasteiger partial charge in [-0.25, -0.2) is 9.97 Å². The molecule has 5 heteroatoms. The molecular formula is C17H20N4O. The third kappa shape index (κ3) is 1.82. The SMILES string of the molecule is CCCC1OC[C@H](C)n2c1nc1c(N)nc3ccccc3c12. The Morgan fingerprint density at radius 3 is 2.95 bits per heavy atom. The summed E-state index contributed by atoms with van der Waals surface area (Å²) in [7, 11) is 0. The van der Waals surface area contributed by atoms with E-state index in [1.54, 1.807) is 0 Å². The summed E-state index contributed by atoms with van der Waals surface area (Å²) in [5.74, 6) is 1.48. The van der Waals surface area contributed by atoms with Crippen LogP contribution in [0.2, 0.25) is 0 Å². The first-order valence-corrected chi connectivity index (χ1v) is 7.88. The van der Waals surface area contributed by atoms with Gasteiger partial charge in [0.2, 0.25) is 0 Å². The van der Waals surface area contributed by atoms with Crippen LogP contribution in [0.3, 0.4) is 0 Å². The summed E-state index contributed by atoms with van der Waals surface area (Å²) in [6.45, 7) is 5.04. The highest BCUT2D eigenvalue weighted by Gasteiger charge is 2.30. The number of fused-ring (bicyclic) bond motifs is 5. The first-order chi connectivity index (χ1) is 10.7. The van der Waals surface area contributed by atoms with Crippen molar-refractivity contribution in [2.75, 3.05) is 12.3 Å². The van der Waals surface area contributed by atoms with Gasteiger partial charge in [-0.15, -0.1) is 0 Å².